The van der Waals surface area contributed by atoms with Crippen LogP contribution in [0.5, 0.6) is 0 Å². The maximum Gasteiger partial charge on any atom is 0.284 e. The molecule has 8 heteroatoms. The molecule has 1 aromatic heterocycles. The van der Waals surface area contributed by atoms with E-state index in [1.807, 2.05) is 13.8 Å². The van der Waals surface area contributed by atoms with Crippen LogP contribution < -0.4 is 5.32 Å². The monoisotopic (exact) mass is 367 g/mol. The lowest BCUT2D eigenvalue weighted by atomic mass is 10.1. The van der Waals surface area contributed by atoms with Crippen LogP contribution in [-0.2, 0) is 19.6 Å². The Labute approximate surface area is 148 Å². The molecule has 1 saturated heterocycles. The first-order valence-electron chi connectivity index (χ1n) is 8.55. The van der Waals surface area contributed by atoms with Crippen molar-refractivity contribution in [1.82, 2.24) is 14.6 Å². The molecule has 0 bridgehead atoms. The summed E-state index contributed by atoms with van der Waals surface area (Å²) in [4.78, 5) is 29.1. The lowest BCUT2D eigenvalue weighted by Crippen LogP contribution is -2.49. The number of rotatable bonds is 6. The Hall–Kier alpha value is -1.80. The quantitative estimate of drug-likeness (QED) is 0.815. The zero-order valence-electron chi connectivity index (χ0n) is 14.6. The number of pyridine rings is 1. The van der Waals surface area contributed by atoms with E-state index in [-0.39, 0.29) is 29.7 Å². The maximum atomic E-state index is 13.0. The number of sulfonamides is 1. The van der Waals surface area contributed by atoms with Crippen LogP contribution in [0.15, 0.2) is 29.4 Å². The molecule has 0 radical (unpaired) electrons. The van der Waals surface area contributed by atoms with E-state index in [1.54, 1.807) is 12.1 Å². The predicted octanol–water partition coefficient (Wildman–Crippen LogP) is 1.36. The van der Waals surface area contributed by atoms with Gasteiger partial charge in [-0.05, 0) is 43.9 Å². The van der Waals surface area contributed by atoms with E-state index in [1.165, 1.54) is 12.3 Å². The Morgan fingerprint density at radius 3 is 2.80 bits per heavy atom. The third-order valence-electron chi connectivity index (χ3n) is 4.13. The first-order chi connectivity index (χ1) is 11.8. The van der Waals surface area contributed by atoms with Crippen molar-refractivity contribution in [3.8, 4) is 0 Å². The van der Waals surface area contributed by atoms with Gasteiger partial charge in [-0.1, -0.05) is 19.9 Å². The molecule has 1 atom stereocenters. The van der Waals surface area contributed by atoms with Gasteiger partial charge < -0.3 is 5.32 Å². The molecule has 1 aromatic rings. The summed E-state index contributed by atoms with van der Waals surface area (Å²) in [5.74, 6) is -0.565. The molecule has 1 fully saturated rings. The standard InChI is InChI=1S/C17H25N3O4S/c1-13(2)8-9-17(22)20(14-6-5-10-18-12-15(14)21)25(23,24)16-7-3-4-11-19-16/h3-4,7,11,13-14,18H,5-6,8-10,12H2,1-2H3/t14-/m0/s1. The SMILES string of the molecule is CC(C)CCC(=O)N([C@H]1CCCNCC1=O)S(=O)(=O)c1ccccn1. The molecule has 0 aromatic carbocycles. The Morgan fingerprint density at radius 2 is 2.16 bits per heavy atom. The third-order valence-corrected chi connectivity index (χ3v) is 5.87. The van der Waals surface area contributed by atoms with E-state index < -0.39 is 22.0 Å². The number of Topliss-reactive ketones (excluding diaryl/α,β-unsaturated/α-hetero) is 1. The molecular formula is C17H25N3O4S. The predicted molar refractivity (Wildman–Crippen MR) is 93.2 cm³/mol. The fraction of sp³-hybridized carbons (Fsp3) is 0.588. The fourth-order valence-corrected chi connectivity index (χ4v) is 4.32. The van der Waals surface area contributed by atoms with Gasteiger partial charge in [0.1, 0.15) is 6.04 Å². The van der Waals surface area contributed by atoms with Crippen LogP contribution in [0.3, 0.4) is 0 Å². The van der Waals surface area contributed by atoms with Gasteiger partial charge >= 0.3 is 0 Å². The zero-order valence-corrected chi connectivity index (χ0v) is 15.5. The van der Waals surface area contributed by atoms with Crippen molar-refractivity contribution < 1.29 is 18.0 Å². The molecular weight excluding hydrogens is 342 g/mol. The summed E-state index contributed by atoms with van der Waals surface area (Å²) in [7, 11) is -4.17. The van der Waals surface area contributed by atoms with Gasteiger partial charge in [0.25, 0.3) is 10.0 Å². The molecule has 0 unspecified atom stereocenters. The largest absolute Gasteiger partial charge is 0.310 e. The van der Waals surface area contributed by atoms with E-state index in [9.17, 15) is 18.0 Å². The summed E-state index contributed by atoms with van der Waals surface area (Å²) in [5, 5.41) is 2.75. The first kappa shape index (κ1) is 19.5. The lowest BCUT2D eigenvalue weighted by molar-refractivity contribution is -0.134. The van der Waals surface area contributed by atoms with Crippen LogP contribution in [0.2, 0.25) is 0 Å². The average molecular weight is 367 g/mol. The van der Waals surface area contributed by atoms with E-state index in [0.29, 0.717) is 25.8 Å². The van der Waals surface area contributed by atoms with Crippen molar-refractivity contribution in [3.63, 3.8) is 0 Å². The van der Waals surface area contributed by atoms with E-state index in [4.69, 9.17) is 0 Å². The second kappa shape index (κ2) is 8.53. The molecule has 0 saturated carbocycles. The highest BCUT2D eigenvalue weighted by molar-refractivity contribution is 7.89. The highest BCUT2D eigenvalue weighted by atomic mass is 32.2. The number of amides is 1. The molecule has 0 aliphatic carbocycles. The summed E-state index contributed by atoms with van der Waals surface area (Å²) in [5.41, 5.74) is 0. The summed E-state index contributed by atoms with van der Waals surface area (Å²) >= 11 is 0. The highest BCUT2D eigenvalue weighted by Crippen LogP contribution is 2.23. The molecule has 0 spiro atoms. The number of aromatic nitrogens is 1. The van der Waals surface area contributed by atoms with Crippen molar-refractivity contribution in [3.05, 3.63) is 24.4 Å². The average Bonchev–Trinajstić information content (AvgIpc) is 2.79. The summed E-state index contributed by atoms with van der Waals surface area (Å²) in [6.07, 6.45) is 2.96. The Balaban J connectivity index is 2.40. The van der Waals surface area contributed by atoms with Crippen LogP contribution in [0.4, 0.5) is 0 Å². The van der Waals surface area contributed by atoms with Crippen LogP contribution >= 0.6 is 0 Å². The Kier molecular flexibility index (Phi) is 6.66. The summed E-state index contributed by atoms with van der Waals surface area (Å²) < 4.78 is 26.9. The number of carbonyl (C=O) groups is 2. The second-order valence-electron chi connectivity index (χ2n) is 6.60. The van der Waals surface area contributed by atoms with Gasteiger partial charge in [-0.3, -0.25) is 9.59 Å². The van der Waals surface area contributed by atoms with Gasteiger partial charge in [-0.15, -0.1) is 0 Å². The van der Waals surface area contributed by atoms with E-state index >= 15 is 0 Å². The number of nitrogens with zero attached hydrogens (tertiary/aromatic N) is 2. The molecule has 2 heterocycles. The van der Waals surface area contributed by atoms with Gasteiger partial charge in [0, 0.05) is 12.6 Å². The van der Waals surface area contributed by atoms with Crippen molar-refractivity contribution in [2.45, 2.75) is 50.6 Å². The van der Waals surface area contributed by atoms with E-state index in [2.05, 4.69) is 10.3 Å². The van der Waals surface area contributed by atoms with E-state index in [0.717, 1.165) is 4.31 Å². The normalized spacial score (nSPS) is 18.8. The van der Waals surface area contributed by atoms with Crippen molar-refractivity contribution >= 4 is 21.7 Å². The number of carbonyl (C=O) groups excluding carboxylic acids is 2. The molecule has 7 nitrogen and oxygen atoms in total. The first-order valence-corrected chi connectivity index (χ1v) is 9.99. The number of hydrogen-bond acceptors (Lipinski definition) is 6. The maximum absolute atomic E-state index is 13.0. The van der Waals surface area contributed by atoms with Gasteiger partial charge in [-0.2, -0.15) is 8.42 Å². The number of ketones is 1. The van der Waals surface area contributed by atoms with Crippen LogP contribution in [0.25, 0.3) is 0 Å². The minimum atomic E-state index is -4.17. The molecule has 1 amide bonds. The number of hydrogen-bond donors (Lipinski definition) is 1. The lowest BCUT2D eigenvalue weighted by Gasteiger charge is -2.29. The molecule has 1 aliphatic heterocycles. The minimum absolute atomic E-state index is 0.0658. The molecule has 25 heavy (non-hydrogen) atoms. The van der Waals surface area contributed by atoms with Crippen molar-refractivity contribution in [2.24, 2.45) is 5.92 Å². The van der Waals surface area contributed by atoms with Crippen LogP contribution in [0, 0.1) is 5.92 Å². The molecule has 138 valence electrons. The third kappa shape index (κ3) is 4.85. The van der Waals surface area contributed by atoms with Gasteiger partial charge in [0.2, 0.25) is 5.91 Å². The van der Waals surface area contributed by atoms with Crippen LogP contribution in [0.1, 0.15) is 39.5 Å². The van der Waals surface area contributed by atoms with Gasteiger partial charge in [0.05, 0.1) is 6.54 Å². The topological polar surface area (TPSA) is 96.4 Å². The second-order valence-corrected chi connectivity index (χ2v) is 8.36. The zero-order chi connectivity index (χ0) is 18.4. The Bertz CT molecular complexity index is 704. The highest BCUT2D eigenvalue weighted by Gasteiger charge is 2.39. The minimum Gasteiger partial charge on any atom is -0.310 e. The molecule has 1 N–H and O–H groups in total. The van der Waals surface area contributed by atoms with Crippen molar-refractivity contribution in [2.75, 3.05) is 13.1 Å². The van der Waals surface area contributed by atoms with Crippen LogP contribution in [-0.4, -0.2) is 48.5 Å². The van der Waals surface area contributed by atoms with Gasteiger partial charge in [0.15, 0.2) is 10.8 Å². The van der Waals surface area contributed by atoms with Gasteiger partial charge in [-0.25, -0.2) is 9.29 Å². The summed E-state index contributed by atoms with van der Waals surface area (Å²) in [6.45, 7) is 4.62. The Morgan fingerprint density at radius 1 is 1.40 bits per heavy atom. The molecule has 1 aliphatic rings. The smallest absolute Gasteiger partial charge is 0.284 e. The molecule has 2 rings (SSSR count). The number of nitrogens with one attached hydrogen (secondary N) is 1. The van der Waals surface area contributed by atoms with Crippen molar-refractivity contribution in [1.29, 1.82) is 0 Å². The fourth-order valence-electron chi connectivity index (χ4n) is 2.76. The summed E-state index contributed by atoms with van der Waals surface area (Å²) in [6, 6.07) is 3.52.